The summed E-state index contributed by atoms with van der Waals surface area (Å²) in [6, 6.07) is 12.0. The van der Waals surface area contributed by atoms with Crippen LogP contribution in [0.3, 0.4) is 0 Å². The lowest BCUT2D eigenvalue weighted by Gasteiger charge is -2.32. The topological polar surface area (TPSA) is 98.5 Å². The van der Waals surface area contributed by atoms with Crippen LogP contribution in [-0.2, 0) is 4.79 Å². The van der Waals surface area contributed by atoms with Crippen LogP contribution in [0.25, 0.3) is 11.4 Å². The number of hydrogen-bond donors (Lipinski definition) is 2. The van der Waals surface area contributed by atoms with Gasteiger partial charge in [0.15, 0.2) is 23.1 Å². The second-order valence-electron chi connectivity index (χ2n) is 7.56. The quantitative estimate of drug-likeness (QED) is 0.667. The highest BCUT2D eigenvalue weighted by molar-refractivity contribution is 5.99. The summed E-state index contributed by atoms with van der Waals surface area (Å²) in [5, 5.41) is 17.9. The highest BCUT2D eigenvalue weighted by Gasteiger charge is 2.37. The van der Waals surface area contributed by atoms with E-state index in [1.165, 1.54) is 0 Å². The van der Waals surface area contributed by atoms with Gasteiger partial charge in [0.25, 0.3) is 0 Å². The van der Waals surface area contributed by atoms with Crippen LogP contribution in [0.15, 0.2) is 53.7 Å². The molecule has 2 aromatic carbocycles. The number of hydrogen-bond acceptors (Lipinski definition) is 7. The molecule has 31 heavy (non-hydrogen) atoms. The second kappa shape index (κ2) is 7.46. The van der Waals surface area contributed by atoms with Crippen LogP contribution in [0.2, 0.25) is 0 Å². The highest BCUT2D eigenvalue weighted by atomic mass is 16.5. The number of aromatic hydroxyl groups is 1. The highest BCUT2D eigenvalue weighted by Crippen LogP contribution is 2.42. The fourth-order valence-corrected chi connectivity index (χ4v) is 4.25. The molecule has 8 nitrogen and oxygen atoms in total. The van der Waals surface area contributed by atoms with Crippen LogP contribution in [-0.4, -0.2) is 39.9 Å². The molecule has 1 atom stereocenters. The largest absolute Gasteiger partial charge is 0.508 e. The van der Waals surface area contributed by atoms with Gasteiger partial charge in [-0.2, -0.15) is 4.98 Å². The van der Waals surface area contributed by atoms with Crippen LogP contribution in [0, 0.1) is 0 Å². The number of phenols is 1. The Morgan fingerprint density at radius 2 is 1.94 bits per heavy atom. The van der Waals surface area contributed by atoms with Gasteiger partial charge in [0.2, 0.25) is 5.95 Å². The Bertz CT molecular complexity index is 1210. The number of anilines is 1. The van der Waals surface area contributed by atoms with E-state index in [1.807, 2.05) is 24.3 Å². The predicted molar refractivity (Wildman–Crippen MR) is 114 cm³/mol. The summed E-state index contributed by atoms with van der Waals surface area (Å²) in [5.41, 5.74) is 3.14. The normalized spacial score (nSPS) is 17.6. The zero-order valence-corrected chi connectivity index (χ0v) is 17.3. The van der Waals surface area contributed by atoms with E-state index >= 15 is 0 Å². The maximum atomic E-state index is 13.0. The number of Topliss-reactive ketones (excluding diaryl/α,β-unsaturated/α-hetero) is 1. The van der Waals surface area contributed by atoms with E-state index in [-0.39, 0.29) is 11.5 Å². The average molecular weight is 418 g/mol. The zero-order valence-electron chi connectivity index (χ0n) is 17.3. The van der Waals surface area contributed by atoms with Gasteiger partial charge in [-0.1, -0.05) is 18.2 Å². The molecule has 1 aliphatic heterocycles. The van der Waals surface area contributed by atoms with E-state index in [0.717, 1.165) is 24.1 Å². The third-order valence-electron chi connectivity index (χ3n) is 5.70. The SMILES string of the molecule is COc1ccc(C2C3=C(CCCC3=O)Nc3nc(-c4cccc(O)c4)nn32)cc1OC. The van der Waals surface area contributed by atoms with Crippen molar-refractivity contribution in [3.05, 3.63) is 59.3 Å². The van der Waals surface area contributed by atoms with Crippen LogP contribution >= 0.6 is 0 Å². The predicted octanol–water partition coefficient (Wildman–Crippen LogP) is 3.69. The van der Waals surface area contributed by atoms with E-state index in [1.54, 1.807) is 37.1 Å². The summed E-state index contributed by atoms with van der Waals surface area (Å²) in [5.74, 6) is 2.47. The number of ether oxygens (including phenoxy) is 2. The lowest BCUT2D eigenvalue weighted by atomic mass is 9.85. The van der Waals surface area contributed by atoms with E-state index in [0.29, 0.717) is 40.8 Å². The molecule has 0 saturated heterocycles. The van der Waals surface area contributed by atoms with Gasteiger partial charge in [0, 0.05) is 23.3 Å². The molecule has 2 aliphatic rings. The van der Waals surface area contributed by atoms with Crippen LogP contribution < -0.4 is 14.8 Å². The van der Waals surface area contributed by atoms with Crippen LogP contribution in [0.1, 0.15) is 30.9 Å². The summed E-state index contributed by atoms with van der Waals surface area (Å²) < 4.78 is 12.6. The molecule has 0 spiro atoms. The van der Waals surface area contributed by atoms with E-state index in [9.17, 15) is 9.90 Å². The van der Waals surface area contributed by atoms with Gasteiger partial charge >= 0.3 is 0 Å². The Morgan fingerprint density at radius 3 is 2.71 bits per heavy atom. The number of aromatic nitrogens is 3. The number of nitrogens with one attached hydrogen (secondary N) is 1. The minimum Gasteiger partial charge on any atom is -0.508 e. The third-order valence-corrected chi connectivity index (χ3v) is 5.70. The van der Waals surface area contributed by atoms with E-state index in [4.69, 9.17) is 14.6 Å². The Kier molecular flexibility index (Phi) is 4.62. The Balaban J connectivity index is 1.68. The summed E-state index contributed by atoms with van der Waals surface area (Å²) >= 11 is 0. The first-order valence-corrected chi connectivity index (χ1v) is 10.1. The van der Waals surface area contributed by atoms with Crippen molar-refractivity contribution in [1.82, 2.24) is 14.8 Å². The summed E-state index contributed by atoms with van der Waals surface area (Å²) in [6.07, 6.45) is 2.09. The molecule has 1 aliphatic carbocycles. The third kappa shape index (κ3) is 3.20. The number of allylic oxidation sites excluding steroid dienone is 2. The number of benzene rings is 2. The molecule has 5 rings (SSSR count). The number of methoxy groups -OCH3 is 2. The molecule has 0 amide bonds. The smallest absolute Gasteiger partial charge is 0.226 e. The molecular weight excluding hydrogens is 396 g/mol. The maximum absolute atomic E-state index is 13.0. The first kappa shape index (κ1) is 19.2. The Hall–Kier alpha value is -3.81. The van der Waals surface area contributed by atoms with Crippen LogP contribution in [0.5, 0.6) is 17.2 Å². The molecular formula is C23H22N4O4. The standard InChI is InChI=1S/C23H22N4O4/c1-30-18-10-9-13(12-19(18)31-2)21-20-16(7-4-8-17(20)29)24-23-25-22(26-27(21)23)14-5-3-6-15(28)11-14/h3,5-6,9-12,21,28H,4,7-8H2,1-2H3,(H,24,25,26). The monoisotopic (exact) mass is 418 g/mol. The van der Waals surface area contributed by atoms with Crippen molar-refractivity contribution in [2.75, 3.05) is 19.5 Å². The van der Waals surface area contributed by atoms with E-state index < -0.39 is 6.04 Å². The molecule has 1 unspecified atom stereocenters. The summed E-state index contributed by atoms with van der Waals surface area (Å²) in [6.45, 7) is 0. The minimum atomic E-state index is -0.433. The van der Waals surface area contributed by atoms with Gasteiger partial charge in [-0.25, -0.2) is 4.68 Å². The molecule has 158 valence electrons. The number of nitrogens with zero attached hydrogens (tertiary/aromatic N) is 3. The van der Waals surface area contributed by atoms with Crippen molar-refractivity contribution in [3.63, 3.8) is 0 Å². The number of carbonyl (C=O) groups is 1. The number of carbonyl (C=O) groups excluding carboxylic acids is 1. The van der Waals surface area contributed by atoms with Gasteiger partial charge in [-0.15, -0.1) is 5.10 Å². The van der Waals surface area contributed by atoms with Gasteiger partial charge in [0.05, 0.1) is 14.2 Å². The number of phenolic OH excluding ortho intramolecular Hbond substituents is 1. The van der Waals surface area contributed by atoms with Crippen LogP contribution in [0.4, 0.5) is 5.95 Å². The van der Waals surface area contributed by atoms with Gasteiger partial charge < -0.3 is 19.9 Å². The van der Waals surface area contributed by atoms with Gasteiger partial charge in [-0.3, -0.25) is 4.79 Å². The van der Waals surface area contributed by atoms with Crippen molar-refractivity contribution < 1.29 is 19.4 Å². The molecule has 8 heteroatoms. The molecule has 2 heterocycles. The molecule has 2 N–H and O–H groups in total. The molecule has 0 fully saturated rings. The molecule has 0 saturated carbocycles. The van der Waals surface area contributed by atoms with Crippen molar-refractivity contribution in [3.8, 4) is 28.6 Å². The molecule has 1 aromatic heterocycles. The Labute approximate surface area is 179 Å². The number of rotatable bonds is 4. The minimum absolute atomic E-state index is 0.105. The second-order valence-corrected chi connectivity index (χ2v) is 7.56. The molecule has 0 radical (unpaired) electrons. The number of ketones is 1. The lowest BCUT2D eigenvalue weighted by Crippen LogP contribution is -2.31. The van der Waals surface area contributed by atoms with Gasteiger partial charge in [-0.05, 0) is 42.7 Å². The van der Waals surface area contributed by atoms with Crippen molar-refractivity contribution in [2.45, 2.75) is 25.3 Å². The van der Waals surface area contributed by atoms with Crippen molar-refractivity contribution in [1.29, 1.82) is 0 Å². The van der Waals surface area contributed by atoms with Crippen molar-refractivity contribution >= 4 is 11.7 Å². The first-order chi connectivity index (χ1) is 15.1. The lowest BCUT2D eigenvalue weighted by molar-refractivity contribution is -0.116. The first-order valence-electron chi connectivity index (χ1n) is 10.1. The zero-order chi connectivity index (χ0) is 21.5. The number of fused-ring (bicyclic) bond motifs is 1. The molecule has 3 aromatic rings. The fraction of sp³-hybridized carbons (Fsp3) is 0.261. The maximum Gasteiger partial charge on any atom is 0.226 e. The summed E-state index contributed by atoms with van der Waals surface area (Å²) in [7, 11) is 3.17. The average Bonchev–Trinajstić information content (AvgIpc) is 3.21. The molecule has 0 bridgehead atoms. The van der Waals surface area contributed by atoms with Gasteiger partial charge in [0.1, 0.15) is 11.8 Å². The Morgan fingerprint density at radius 1 is 1.10 bits per heavy atom. The van der Waals surface area contributed by atoms with E-state index in [2.05, 4.69) is 10.3 Å². The fourth-order valence-electron chi connectivity index (χ4n) is 4.25. The summed E-state index contributed by atoms with van der Waals surface area (Å²) in [4.78, 5) is 17.6. The van der Waals surface area contributed by atoms with Crippen molar-refractivity contribution in [2.24, 2.45) is 0 Å².